The van der Waals surface area contributed by atoms with E-state index in [0.717, 1.165) is 11.6 Å². The minimum Gasteiger partial charge on any atom is -0.366 e. The third kappa shape index (κ3) is 3.87. The van der Waals surface area contributed by atoms with Gasteiger partial charge in [0.2, 0.25) is 5.91 Å². The van der Waals surface area contributed by atoms with E-state index < -0.39 is 17.6 Å². The first kappa shape index (κ1) is 20.2. The number of nitrogens with one attached hydrogen (secondary N) is 1. The molecule has 0 radical (unpaired) electrons. The quantitative estimate of drug-likeness (QED) is 0.552. The number of anilines is 3. The zero-order chi connectivity index (χ0) is 22.1. The molecule has 0 spiro atoms. The first-order valence-electron chi connectivity index (χ1n) is 9.59. The molecule has 3 aromatic rings. The second kappa shape index (κ2) is 7.98. The lowest BCUT2D eigenvalue weighted by atomic mass is 10.0. The molecule has 0 aliphatic carbocycles. The van der Waals surface area contributed by atoms with Gasteiger partial charge in [0.05, 0.1) is 5.69 Å². The van der Waals surface area contributed by atoms with Gasteiger partial charge < -0.3 is 21.7 Å². The van der Waals surface area contributed by atoms with E-state index in [1.54, 1.807) is 4.90 Å². The number of nitrogens with two attached hydrogens (primary N) is 2. The number of benzene rings is 2. The second-order valence-electron chi connectivity index (χ2n) is 7.25. The van der Waals surface area contributed by atoms with Crippen LogP contribution in [0.3, 0.4) is 0 Å². The van der Waals surface area contributed by atoms with Crippen LogP contribution in [-0.2, 0) is 13.0 Å². The number of carbonyl (C=O) groups is 2. The molecule has 1 atom stereocenters. The minimum atomic E-state index is -0.779. The topological polar surface area (TPSA) is 140 Å². The van der Waals surface area contributed by atoms with Gasteiger partial charge in [-0.1, -0.05) is 30.3 Å². The Balaban J connectivity index is 1.74. The van der Waals surface area contributed by atoms with Crippen LogP contribution in [0.4, 0.5) is 21.8 Å². The van der Waals surface area contributed by atoms with Gasteiger partial charge in [-0.15, -0.1) is 10.2 Å². The lowest BCUT2D eigenvalue weighted by molar-refractivity contribution is 0.0988. The maximum Gasteiger partial charge on any atom is 0.273 e. The summed E-state index contributed by atoms with van der Waals surface area (Å²) >= 11 is 0. The molecule has 5 N–H and O–H groups in total. The summed E-state index contributed by atoms with van der Waals surface area (Å²) in [5.41, 5.74) is 12.9. The zero-order valence-electron chi connectivity index (χ0n) is 16.7. The molecule has 2 aromatic carbocycles. The van der Waals surface area contributed by atoms with Crippen molar-refractivity contribution in [3.8, 4) is 0 Å². The monoisotopic (exact) mass is 421 g/mol. The highest BCUT2D eigenvalue weighted by molar-refractivity contribution is 5.97. The molecule has 1 aliphatic rings. The molecular formula is C21H20FN7O2. The fourth-order valence-corrected chi connectivity index (χ4v) is 3.69. The Morgan fingerprint density at radius 2 is 1.90 bits per heavy atom. The SMILES string of the molecule is CC1Cc2c(C(N)=O)cc(F)cc2N1c1nnc(C(N)=O)c(NCc2ccccc2)n1. The molecule has 1 aromatic heterocycles. The van der Waals surface area contributed by atoms with Gasteiger partial charge >= 0.3 is 0 Å². The lowest BCUT2D eigenvalue weighted by Crippen LogP contribution is -2.28. The Hall–Kier alpha value is -4.08. The Kier molecular flexibility index (Phi) is 5.20. The van der Waals surface area contributed by atoms with Crippen molar-refractivity contribution in [1.82, 2.24) is 15.2 Å². The highest BCUT2D eigenvalue weighted by Crippen LogP contribution is 2.39. The van der Waals surface area contributed by atoms with E-state index in [9.17, 15) is 14.0 Å². The van der Waals surface area contributed by atoms with E-state index in [0.29, 0.717) is 24.2 Å². The fraction of sp³-hybridized carbons (Fsp3) is 0.190. The molecule has 2 amide bonds. The van der Waals surface area contributed by atoms with Crippen molar-refractivity contribution >= 4 is 29.3 Å². The number of amides is 2. The lowest BCUT2D eigenvalue weighted by Gasteiger charge is -2.23. The summed E-state index contributed by atoms with van der Waals surface area (Å²) in [7, 11) is 0. The van der Waals surface area contributed by atoms with Gasteiger partial charge in [0.15, 0.2) is 11.5 Å². The second-order valence-corrected chi connectivity index (χ2v) is 7.25. The normalized spacial score (nSPS) is 14.9. The van der Waals surface area contributed by atoms with Gasteiger partial charge in [0.25, 0.3) is 11.9 Å². The van der Waals surface area contributed by atoms with E-state index in [4.69, 9.17) is 11.5 Å². The number of halogens is 1. The summed E-state index contributed by atoms with van der Waals surface area (Å²) in [6.45, 7) is 2.26. The fourth-order valence-electron chi connectivity index (χ4n) is 3.69. The number of carbonyl (C=O) groups excluding carboxylic acids is 2. The maximum absolute atomic E-state index is 14.2. The first-order chi connectivity index (χ1) is 14.8. The van der Waals surface area contributed by atoms with Crippen molar-refractivity contribution in [3.05, 3.63) is 70.7 Å². The Bertz CT molecular complexity index is 1170. The van der Waals surface area contributed by atoms with Crippen molar-refractivity contribution < 1.29 is 14.0 Å². The Morgan fingerprint density at radius 1 is 1.16 bits per heavy atom. The smallest absolute Gasteiger partial charge is 0.273 e. The molecule has 2 heterocycles. The van der Waals surface area contributed by atoms with Crippen molar-refractivity contribution in [2.24, 2.45) is 11.5 Å². The van der Waals surface area contributed by atoms with E-state index in [1.165, 1.54) is 6.07 Å². The molecule has 4 rings (SSSR count). The van der Waals surface area contributed by atoms with E-state index in [2.05, 4.69) is 20.5 Å². The van der Waals surface area contributed by atoms with Gasteiger partial charge in [-0.25, -0.2) is 4.39 Å². The highest BCUT2D eigenvalue weighted by atomic mass is 19.1. The number of aromatic nitrogens is 3. The van der Waals surface area contributed by atoms with Crippen molar-refractivity contribution in [3.63, 3.8) is 0 Å². The van der Waals surface area contributed by atoms with E-state index in [1.807, 2.05) is 37.3 Å². The summed E-state index contributed by atoms with van der Waals surface area (Å²) in [4.78, 5) is 29.7. The largest absolute Gasteiger partial charge is 0.366 e. The van der Waals surface area contributed by atoms with Crippen LogP contribution in [0, 0.1) is 5.82 Å². The molecule has 9 nitrogen and oxygen atoms in total. The molecule has 1 unspecified atom stereocenters. The predicted octanol–water partition coefficient (Wildman–Crippen LogP) is 1.90. The van der Waals surface area contributed by atoms with Crippen LogP contribution in [-0.4, -0.2) is 33.0 Å². The number of hydrogen-bond acceptors (Lipinski definition) is 7. The van der Waals surface area contributed by atoms with E-state index >= 15 is 0 Å². The standard InChI is InChI=1S/C21H20FN7O2/c1-11-7-14-15(18(23)30)8-13(22)9-16(14)29(11)21-26-20(17(19(24)31)27-28-21)25-10-12-5-3-2-4-6-12/h2-6,8-9,11H,7,10H2,1H3,(H2,23,30)(H2,24,31)(H,25,26,28). The first-order valence-corrected chi connectivity index (χ1v) is 9.59. The average molecular weight is 421 g/mol. The molecule has 0 saturated carbocycles. The average Bonchev–Trinajstić information content (AvgIpc) is 3.07. The van der Waals surface area contributed by atoms with Crippen LogP contribution in [0.1, 0.15) is 38.9 Å². The van der Waals surface area contributed by atoms with Crippen LogP contribution in [0.15, 0.2) is 42.5 Å². The van der Waals surface area contributed by atoms with Crippen LogP contribution in [0.2, 0.25) is 0 Å². The molecule has 1 aliphatic heterocycles. The number of primary amides is 2. The van der Waals surface area contributed by atoms with Crippen LogP contribution >= 0.6 is 0 Å². The summed E-state index contributed by atoms with van der Waals surface area (Å²) in [5.74, 6) is -1.78. The maximum atomic E-state index is 14.2. The van der Waals surface area contributed by atoms with Gasteiger partial charge in [-0.05, 0) is 36.6 Å². The van der Waals surface area contributed by atoms with Crippen molar-refractivity contribution in [2.45, 2.75) is 25.9 Å². The Labute approximate surface area is 177 Å². The summed E-state index contributed by atoms with van der Waals surface area (Å²) in [6, 6.07) is 11.7. The minimum absolute atomic E-state index is 0.108. The summed E-state index contributed by atoms with van der Waals surface area (Å²) in [5, 5.41) is 11.0. The van der Waals surface area contributed by atoms with Crippen LogP contribution in [0.5, 0.6) is 0 Å². The van der Waals surface area contributed by atoms with E-state index in [-0.39, 0.29) is 29.1 Å². The van der Waals surface area contributed by atoms with Gasteiger partial charge in [0.1, 0.15) is 5.82 Å². The molecular weight excluding hydrogens is 401 g/mol. The van der Waals surface area contributed by atoms with Crippen LogP contribution < -0.4 is 21.7 Å². The number of nitrogens with zero attached hydrogens (tertiary/aromatic N) is 4. The number of fused-ring (bicyclic) bond motifs is 1. The van der Waals surface area contributed by atoms with Crippen molar-refractivity contribution in [2.75, 3.05) is 10.2 Å². The van der Waals surface area contributed by atoms with Gasteiger partial charge in [0, 0.05) is 18.2 Å². The highest BCUT2D eigenvalue weighted by Gasteiger charge is 2.33. The van der Waals surface area contributed by atoms with Crippen molar-refractivity contribution in [1.29, 1.82) is 0 Å². The Morgan fingerprint density at radius 3 is 2.58 bits per heavy atom. The number of rotatable bonds is 6. The summed E-state index contributed by atoms with van der Waals surface area (Å²) < 4.78 is 14.2. The molecule has 0 bridgehead atoms. The number of hydrogen-bond donors (Lipinski definition) is 3. The summed E-state index contributed by atoms with van der Waals surface area (Å²) in [6.07, 6.45) is 0.446. The van der Waals surface area contributed by atoms with Crippen LogP contribution in [0.25, 0.3) is 0 Å². The molecule has 0 fully saturated rings. The molecule has 158 valence electrons. The zero-order valence-corrected chi connectivity index (χ0v) is 16.7. The molecule has 10 heteroatoms. The predicted molar refractivity (Wildman–Crippen MR) is 112 cm³/mol. The van der Waals surface area contributed by atoms with Gasteiger partial charge in [-0.3, -0.25) is 9.59 Å². The molecule has 31 heavy (non-hydrogen) atoms. The third-order valence-electron chi connectivity index (χ3n) is 5.08. The third-order valence-corrected chi connectivity index (χ3v) is 5.08. The van der Waals surface area contributed by atoms with Gasteiger partial charge in [-0.2, -0.15) is 4.98 Å². The molecule has 0 saturated heterocycles.